The third kappa shape index (κ3) is 3.12. The van der Waals surface area contributed by atoms with Gasteiger partial charge in [0.2, 0.25) is 0 Å². The molecular formula is C22H16N2O2S. The Morgan fingerprint density at radius 2 is 2.00 bits per heavy atom. The average molecular weight is 372 g/mol. The van der Waals surface area contributed by atoms with Crippen LogP contribution in [0.25, 0.3) is 27.0 Å². The highest BCUT2D eigenvalue weighted by molar-refractivity contribution is 7.13. The molecule has 0 saturated carbocycles. The summed E-state index contributed by atoms with van der Waals surface area (Å²) in [7, 11) is 0. The Hall–Kier alpha value is -3.36. The number of nitriles is 1. The van der Waals surface area contributed by atoms with Crippen molar-refractivity contribution in [1.82, 2.24) is 4.57 Å². The Morgan fingerprint density at radius 1 is 1.19 bits per heavy atom. The largest absolute Gasteiger partial charge is 0.462 e. The number of rotatable bonds is 4. The number of ether oxygens (including phenoxy) is 1. The van der Waals surface area contributed by atoms with Gasteiger partial charge >= 0.3 is 5.97 Å². The van der Waals surface area contributed by atoms with Crippen molar-refractivity contribution in [2.45, 2.75) is 6.92 Å². The molecule has 0 fully saturated rings. The zero-order valence-electron chi connectivity index (χ0n) is 14.7. The lowest BCUT2D eigenvalue weighted by Crippen LogP contribution is -2.04. The van der Waals surface area contributed by atoms with Crippen molar-refractivity contribution in [3.8, 4) is 22.2 Å². The molecule has 4 aromatic rings. The van der Waals surface area contributed by atoms with E-state index in [4.69, 9.17) is 4.74 Å². The van der Waals surface area contributed by atoms with Gasteiger partial charge in [-0.3, -0.25) is 0 Å². The maximum absolute atomic E-state index is 11.8. The molecule has 0 aliphatic heterocycles. The van der Waals surface area contributed by atoms with Gasteiger partial charge in [0, 0.05) is 22.1 Å². The first kappa shape index (κ1) is 17.1. The fourth-order valence-corrected chi connectivity index (χ4v) is 3.83. The van der Waals surface area contributed by atoms with E-state index in [1.165, 1.54) is 4.88 Å². The number of carbonyl (C=O) groups is 1. The summed E-state index contributed by atoms with van der Waals surface area (Å²) in [6, 6.07) is 19.7. The van der Waals surface area contributed by atoms with E-state index in [0.717, 1.165) is 22.2 Å². The number of hydrogen-bond donors (Lipinski definition) is 0. The number of nitrogens with zero attached hydrogens (tertiary/aromatic N) is 2. The van der Waals surface area contributed by atoms with Gasteiger partial charge in [-0.25, -0.2) is 4.79 Å². The minimum atomic E-state index is -0.334. The van der Waals surface area contributed by atoms with Gasteiger partial charge in [-0.15, -0.1) is 11.3 Å². The summed E-state index contributed by atoms with van der Waals surface area (Å²) in [4.78, 5) is 13.0. The number of fused-ring (bicyclic) bond motifs is 1. The molecule has 0 atom stereocenters. The van der Waals surface area contributed by atoms with Gasteiger partial charge in [0.15, 0.2) is 0 Å². The Morgan fingerprint density at radius 3 is 2.67 bits per heavy atom. The van der Waals surface area contributed by atoms with Crippen molar-refractivity contribution in [3.05, 3.63) is 77.3 Å². The average Bonchev–Trinajstić information content (AvgIpc) is 3.36. The molecule has 0 N–H and O–H groups in total. The molecule has 0 aliphatic rings. The van der Waals surface area contributed by atoms with Crippen molar-refractivity contribution in [2.75, 3.05) is 6.61 Å². The van der Waals surface area contributed by atoms with Crippen LogP contribution >= 0.6 is 11.3 Å². The molecule has 0 saturated heterocycles. The van der Waals surface area contributed by atoms with Crippen LogP contribution in [-0.4, -0.2) is 17.1 Å². The highest BCUT2D eigenvalue weighted by atomic mass is 32.1. The summed E-state index contributed by atoms with van der Waals surface area (Å²) in [5, 5.41) is 12.5. The summed E-state index contributed by atoms with van der Waals surface area (Å²) < 4.78 is 7.00. The summed E-state index contributed by atoms with van der Waals surface area (Å²) >= 11 is 1.68. The normalized spacial score (nSPS) is 10.7. The topological polar surface area (TPSA) is 55.0 Å². The Kier molecular flexibility index (Phi) is 4.49. The van der Waals surface area contributed by atoms with Gasteiger partial charge in [0.05, 0.1) is 23.3 Å². The van der Waals surface area contributed by atoms with Crippen LogP contribution in [0.1, 0.15) is 22.8 Å². The van der Waals surface area contributed by atoms with Crippen molar-refractivity contribution < 1.29 is 9.53 Å². The number of aromatic nitrogens is 1. The van der Waals surface area contributed by atoms with Crippen molar-refractivity contribution in [3.63, 3.8) is 0 Å². The van der Waals surface area contributed by atoms with Gasteiger partial charge in [-0.2, -0.15) is 5.26 Å². The van der Waals surface area contributed by atoms with E-state index in [9.17, 15) is 10.1 Å². The molecular weight excluding hydrogens is 356 g/mol. The molecule has 0 radical (unpaired) electrons. The number of benzene rings is 2. The fraction of sp³-hybridized carbons (Fsp3) is 0.0909. The monoisotopic (exact) mass is 372 g/mol. The van der Waals surface area contributed by atoms with Crippen molar-refractivity contribution in [1.29, 1.82) is 5.26 Å². The van der Waals surface area contributed by atoms with Crippen LogP contribution in [0.4, 0.5) is 0 Å². The fourth-order valence-electron chi connectivity index (χ4n) is 3.10. The predicted molar refractivity (Wildman–Crippen MR) is 107 cm³/mol. The molecule has 2 aromatic carbocycles. The van der Waals surface area contributed by atoms with E-state index in [1.807, 2.05) is 40.4 Å². The third-order valence-electron chi connectivity index (χ3n) is 4.39. The Labute approximate surface area is 160 Å². The van der Waals surface area contributed by atoms with Crippen LogP contribution in [-0.2, 0) is 4.74 Å². The molecule has 0 aliphatic carbocycles. The van der Waals surface area contributed by atoms with Gasteiger partial charge in [-0.1, -0.05) is 12.1 Å². The molecule has 5 heteroatoms. The molecule has 2 heterocycles. The zero-order chi connectivity index (χ0) is 18.8. The third-order valence-corrected chi connectivity index (χ3v) is 5.31. The first-order valence-electron chi connectivity index (χ1n) is 8.58. The molecule has 0 spiro atoms. The van der Waals surface area contributed by atoms with E-state index in [0.29, 0.717) is 17.7 Å². The van der Waals surface area contributed by atoms with Gasteiger partial charge in [0.1, 0.15) is 6.07 Å². The lowest BCUT2D eigenvalue weighted by atomic mass is 10.1. The number of esters is 1. The molecule has 132 valence electrons. The van der Waals surface area contributed by atoms with E-state index >= 15 is 0 Å². The maximum Gasteiger partial charge on any atom is 0.338 e. The summed E-state index contributed by atoms with van der Waals surface area (Å²) in [5.41, 5.74) is 4.08. The van der Waals surface area contributed by atoms with Crippen LogP contribution in [0.5, 0.6) is 0 Å². The predicted octanol–water partition coefficient (Wildman–Crippen LogP) is 5.41. The molecule has 2 aromatic heterocycles. The molecule has 27 heavy (non-hydrogen) atoms. The van der Waals surface area contributed by atoms with Gasteiger partial charge in [0.25, 0.3) is 0 Å². The number of carbonyl (C=O) groups excluding carboxylic acids is 1. The number of thiophene rings is 1. The lowest BCUT2D eigenvalue weighted by molar-refractivity contribution is 0.0526. The standard InChI is InChI=1S/C22H16N2O2S/c1-2-26-22(25)15-5-8-18(9-6-15)24-14-17(13-23)19-12-16(7-10-20(19)24)21-4-3-11-27-21/h3-12,14H,2H2,1H3. The first-order valence-corrected chi connectivity index (χ1v) is 9.46. The Bertz CT molecular complexity index is 1150. The SMILES string of the molecule is CCOC(=O)c1ccc(-n2cc(C#N)c3cc(-c4cccs4)ccc32)cc1. The van der Waals surface area contributed by atoms with Crippen LogP contribution < -0.4 is 0 Å². The second kappa shape index (κ2) is 7.10. The van der Waals surface area contributed by atoms with E-state index < -0.39 is 0 Å². The quantitative estimate of drug-likeness (QED) is 0.450. The van der Waals surface area contributed by atoms with E-state index in [1.54, 1.807) is 30.4 Å². The molecule has 4 rings (SSSR count). The van der Waals surface area contributed by atoms with Crippen LogP contribution in [0, 0.1) is 11.3 Å². The van der Waals surface area contributed by atoms with Gasteiger partial charge in [-0.05, 0) is 60.3 Å². The van der Waals surface area contributed by atoms with E-state index in [-0.39, 0.29) is 5.97 Å². The minimum Gasteiger partial charge on any atom is -0.462 e. The van der Waals surface area contributed by atoms with E-state index in [2.05, 4.69) is 24.3 Å². The minimum absolute atomic E-state index is 0.334. The summed E-state index contributed by atoms with van der Waals surface area (Å²) in [6.07, 6.45) is 1.84. The second-order valence-corrected chi connectivity index (χ2v) is 6.95. The molecule has 0 unspecified atom stereocenters. The Balaban J connectivity index is 1.78. The smallest absolute Gasteiger partial charge is 0.338 e. The zero-order valence-corrected chi connectivity index (χ0v) is 15.5. The lowest BCUT2D eigenvalue weighted by Gasteiger charge is -2.07. The molecule has 0 amide bonds. The van der Waals surface area contributed by atoms with Gasteiger partial charge < -0.3 is 9.30 Å². The molecule has 4 nitrogen and oxygen atoms in total. The van der Waals surface area contributed by atoms with Crippen LogP contribution in [0.3, 0.4) is 0 Å². The summed E-state index contributed by atoms with van der Waals surface area (Å²) in [5.74, 6) is -0.334. The highest BCUT2D eigenvalue weighted by Gasteiger charge is 2.12. The molecule has 0 bridgehead atoms. The highest BCUT2D eigenvalue weighted by Crippen LogP contribution is 2.31. The van der Waals surface area contributed by atoms with Crippen LogP contribution in [0.15, 0.2) is 66.2 Å². The second-order valence-electron chi connectivity index (χ2n) is 6.00. The maximum atomic E-state index is 11.8. The number of hydrogen-bond acceptors (Lipinski definition) is 4. The van der Waals surface area contributed by atoms with Crippen LogP contribution in [0.2, 0.25) is 0 Å². The summed E-state index contributed by atoms with van der Waals surface area (Å²) in [6.45, 7) is 2.13. The van der Waals surface area contributed by atoms with Crippen molar-refractivity contribution in [2.24, 2.45) is 0 Å². The van der Waals surface area contributed by atoms with Crippen molar-refractivity contribution >= 4 is 28.2 Å². The first-order chi connectivity index (χ1) is 13.2.